The number of phenols is 1. The number of aromatic nitrogens is 3. The first-order chi connectivity index (χ1) is 27.1. The Bertz CT molecular complexity index is 2080. The lowest BCUT2D eigenvalue weighted by Crippen LogP contribution is -1.89. The SMILES string of the molecule is CCCCCCCCc1ccc(-c2ccc(O)c(N=Nc3c(-c4ccc(CCCCCC)cc4)nc4sc(-c5ccc(CCCCCC)cc5)nn34)c2)cc1. The Morgan fingerprint density at radius 3 is 1.56 bits per heavy atom. The first-order valence-corrected chi connectivity index (χ1v) is 21.8. The predicted octanol–water partition coefficient (Wildman–Crippen LogP) is 15.1. The van der Waals surface area contributed by atoms with Gasteiger partial charge in [0.25, 0.3) is 0 Å². The van der Waals surface area contributed by atoms with Crippen molar-refractivity contribution in [3.63, 3.8) is 0 Å². The fourth-order valence-electron chi connectivity index (χ4n) is 7.15. The zero-order valence-corrected chi connectivity index (χ0v) is 34.1. The van der Waals surface area contributed by atoms with E-state index in [1.807, 2.05) is 12.1 Å². The van der Waals surface area contributed by atoms with Crippen molar-refractivity contribution in [3.05, 3.63) is 108 Å². The van der Waals surface area contributed by atoms with E-state index in [1.165, 1.54) is 107 Å². The van der Waals surface area contributed by atoms with Gasteiger partial charge >= 0.3 is 0 Å². The maximum Gasteiger partial charge on any atom is 0.215 e. The van der Waals surface area contributed by atoms with Gasteiger partial charge in [-0.05, 0) is 78.5 Å². The average molecular weight is 754 g/mol. The zero-order valence-electron chi connectivity index (χ0n) is 33.3. The monoisotopic (exact) mass is 753 g/mol. The van der Waals surface area contributed by atoms with E-state index in [4.69, 9.17) is 15.2 Å². The van der Waals surface area contributed by atoms with Crippen LogP contribution in [0.4, 0.5) is 11.5 Å². The fraction of sp³-hybridized carbons (Fsp3) is 0.417. The molecule has 6 rings (SSSR count). The molecule has 4 aromatic carbocycles. The molecular weight excluding hydrogens is 695 g/mol. The van der Waals surface area contributed by atoms with Crippen LogP contribution < -0.4 is 0 Å². The number of unbranched alkanes of at least 4 members (excludes halogenated alkanes) is 11. The van der Waals surface area contributed by atoms with Crippen LogP contribution in [0.5, 0.6) is 5.75 Å². The molecule has 55 heavy (non-hydrogen) atoms. The summed E-state index contributed by atoms with van der Waals surface area (Å²) in [5.74, 6) is 0.625. The minimum absolute atomic E-state index is 0.0793. The van der Waals surface area contributed by atoms with Crippen LogP contribution in [0.1, 0.15) is 127 Å². The highest BCUT2D eigenvalue weighted by molar-refractivity contribution is 7.19. The van der Waals surface area contributed by atoms with Crippen LogP contribution in [0.3, 0.4) is 0 Å². The Labute approximate surface area is 332 Å². The summed E-state index contributed by atoms with van der Waals surface area (Å²) in [6.45, 7) is 6.76. The number of hydrogen-bond acceptors (Lipinski definition) is 6. The molecule has 2 heterocycles. The van der Waals surface area contributed by atoms with Crippen LogP contribution in [-0.2, 0) is 19.3 Å². The third kappa shape index (κ3) is 11.2. The van der Waals surface area contributed by atoms with Gasteiger partial charge in [-0.3, -0.25) is 0 Å². The van der Waals surface area contributed by atoms with E-state index >= 15 is 0 Å². The van der Waals surface area contributed by atoms with Crippen molar-refractivity contribution in [1.29, 1.82) is 0 Å². The van der Waals surface area contributed by atoms with E-state index in [1.54, 1.807) is 21.9 Å². The van der Waals surface area contributed by atoms with Gasteiger partial charge in [0.05, 0.1) is 0 Å². The van der Waals surface area contributed by atoms with Gasteiger partial charge in [-0.1, -0.05) is 182 Å². The first kappa shape index (κ1) is 40.1. The van der Waals surface area contributed by atoms with Crippen molar-refractivity contribution in [1.82, 2.24) is 14.6 Å². The first-order valence-electron chi connectivity index (χ1n) is 21.0. The molecule has 0 saturated carbocycles. The summed E-state index contributed by atoms with van der Waals surface area (Å²) in [6.07, 6.45) is 21.1. The highest BCUT2D eigenvalue weighted by Gasteiger charge is 2.20. The van der Waals surface area contributed by atoms with Crippen molar-refractivity contribution in [3.8, 4) is 38.7 Å². The van der Waals surface area contributed by atoms with E-state index < -0.39 is 0 Å². The van der Waals surface area contributed by atoms with E-state index in [0.717, 1.165) is 57.2 Å². The number of nitrogens with zero attached hydrogens (tertiary/aromatic N) is 5. The third-order valence-corrected chi connectivity index (χ3v) is 11.5. The largest absolute Gasteiger partial charge is 0.506 e. The minimum Gasteiger partial charge on any atom is -0.506 e. The van der Waals surface area contributed by atoms with Crippen LogP contribution in [0, 0.1) is 0 Å². The van der Waals surface area contributed by atoms with Crippen molar-refractivity contribution in [2.75, 3.05) is 0 Å². The lowest BCUT2D eigenvalue weighted by atomic mass is 10.0. The minimum atomic E-state index is 0.0793. The predicted molar refractivity (Wildman–Crippen MR) is 232 cm³/mol. The van der Waals surface area contributed by atoms with Gasteiger partial charge in [-0.15, -0.1) is 10.2 Å². The van der Waals surface area contributed by atoms with Crippen molar-refractivity contribution < 1.29 is 5.11 Å². The van der Waals surface area contributed by atoms with E-state index in [9.17, 15) is 5.11 Å². The van der Waals surface area contributed by atoms with E-state index in [-0.39, 0.29) is 5.75 Å². The van der Waals surface area contributed by atoms with Gasteiger partial charge < -0.3 is 5.11 Å². The average Bonchev–Trinajstić information content (AvgIpc) is 3.79. The van der Waals surface area contributed by atoms with Gasteiger partial charge in [-0.25, -0.2) is 4.98 Å². The molecular formula is C48H59N5OS. The molecule has 0 spiro atoms. The summed E-state index contributed by atoms with van der Waals surface area (Å²) >= 11 is 1.55. The Morgan fingerprint density at radius 1 is 0.527 bits per heavy atom. The molecule has 0 bridgehead atoms. The number of benzene rings is 4. The Morgan fingerprint density at radius 2 is 1.00 bits per heavy atom. The number of rotatable bonds is 22. The lowest BCUT2D eigenvalue weighted by molar-refractivity contribution is 0.476. The maximum atomic E-state index is 10.9. The fourth-order valence-corrected chi connectivity index (χ4v) is 8.05. The Kier molecular flexibility index (Phi) is 15.2. The molecule has 7 heteroatoms. The smallest absolute Gasteiger partial charge is 0.215 e. The molecule has 1 N–H and O–H groups in total. The molecule has 0 aliphatic carbocycles. The standard InChI is InChI=1S/C48H59N5OS/c1-4-7-10-13-14-17-20-36-21-27-39(28-22-36)42-33-34-44(54)43(35-42)50-51-46-45(40-29-23-37(24-30-40)18-15-11-8-5-2)49-48-53(46)52-47(55-48)41-31-25-38(26-32-41)19-16-12-9-6-3/h21-35,54H,4-20H2,1-3H3. The summed E-state index contributed by atoms with van der Waals surface area (Å²) in [6, 6.07) is 31.8. The number of hydrogen-bond donors (Lipinski definition) is 1. The summed E-state index contributed by atoms with van der Waals surface area (Å²) < 4.78 is 1.81. The van der Waals surface area contributed by atoms with E-state index in [2.05, 4.69) is 98.7 Å². The normalized spacial score (nSPS) is 11.7. The second-order valence-electron chi connectivity index (χ2n) is 15.0. The van der Waals surface area contributed by atoms with Gasteiger partial charge in [0.2, 0.25) is 10.8 Å². The molecule has 0 unspecified atom stereocenters. The maximum absolute atomic E-state index is 10.9. The Balaban J connectivity index is 1.25. The Hall–Kier alpha value is -4.62. The van der Waals surface area contributed by atoms with Gasteiger partial charge in [-0.2, -0.15) is 9.61 Å². The molecule has 0 amide bonds. The summed E-state index contributed by atoms with van der Waals surface area (Å²) in [7, 11) is 0. The van der Waals surface area contributed by atoms with Gasteiger partial charge in [0, 0.05) is 11.1 Å². The molecule has 2 aromatic heterocycles. The summed E-state index contributed by atoms with van der Waals surface area (Å²) in [5.41, 5.74) is 9.28. The second kappa shape index (κ2) is 20.9. The third-order valence-electron chi connectivity index (χ3n) is 10.6. The lowest BCUT2D eigenvalue weighted by Gasteiger charge is -2.07. The topological polar surface area (TPSA) is 75.1 Å². The summed E-state index contributed by atoms with van der Waals surface area (Å²) in [4.78, 5) is 5.83. The van der Waals surface area contributed by atoms with Crippen LogP contribution in [0.15, 0.2) is 101 Å². The molecule has 288 valence electrons. The van der Waals surface area contributed by atoms with Crippen molar-refractivity contribution >= 4 is 27.8 Å². The van der Waals surface area contributed by atoms with Crippen LogP contribution in [-0.4, -0.2) is 19.7 Å². The molecule has 6 nitrogen and oxygen atoms in total. The van der Waals surface area contributed by atoms with Crippen molar-refractivity contribution in [2.24, 2.45) is 10.2 Å². The number of aryl methyl sites for hydroxylation is 3. The quantitative estimate of drug-likeness (QED) is 0.0554. The number of phenolic OH excluding ortho intramolecular Hbond substituents is 1. The van der Waals surface area contributed by atoms with Gasteiger partial charge in [0.15, 0.2) is 0 Å². The van der Waals surface area contributed by atoms with Crippen molar-refractivity contribution in [2.45, 2.75) is 130 Å². The molecule has 0 aliphatic rings. The molecule has 0 fully saturated rings. The number of aromatic hydroxyl groups is 1. The molecule has 6 aromatic rings. The highest BCUT2D eigenvalue weighted by atomic mass is 32.1. The molecule has 0 radical (unpaired) electrons. The van der Waals surface area contributed by atoms with E-state index in [0.29, 0.717) is 11.5 Å². The highest BCUT2D eigenvalue weighted by Crippen LogP contribution is 2.38. The number of fused-ring (bicyclic) bond motifs is 1. The zero-order chi connectivity index (χ0) is 38.2. The van der Waals surface area contributed by atoms with Crippen LogP contribution >= 0.6 is 11.3 Å². The van der Waals surface area contributed by atoms with Crippen LogP contribution in [0.2, 0.25) is 0 Å². The van der Waals surface area contributed by atoms with Gasteiger partial charge in [0.1, 0.15) is 22.1 Å². The molecule has 0 aliphatic heterocycles. The number of imidazole rings is 1. The molecule has 0 saturated heterocycles. The summed E-state index contributed by atoms with van der Waals surface area (Å²) in [5, 5.41) is 26.3. The second-order valence-corrected chi connectivity index (χ2v) is 16.0. The number of azo groups is 1. The molecule has 0 atom stereocenters. The van der Waals surface area contributed by atoms with Crippen LogP contribution in [0.25, 0.3) is 37.9 Å².